The van der Waals surface area contributed by atoms with E-state index in [-0.39, 0.29) is 0 Å². The van der Waals surface area contributed by atoms with Crippen molar-refractivity contribution in [1.29, 1.82) is 0 Å². The maximum Gasteiger partial charge on any atom is 0.122 e. The Morgan fingerprint density at radius 2 is 2.20 bits per heavy atom. The fourth-order valence-electron chi connectivity index (χ4n) is 3.70. The van der Waals surface area contributed by atoms with E-state index in [0.29, 0.717) is 12.0 Å². The van der Waals surface area contributed by atoms with E-state index in [9.17, 15) is 0 Å². The molecule has 1 aromatic carbocycles. The lowest BCUT2D eigenvalue weighted by Gasteiger charge is -2.40. The van der Waals surface area contributed by atoms with E-state index in [1.807, 2.05) is 12.1 Å². The smallest absolute Gasteiger partial charge is 0.122 e. The summed E-state index contributed by atoms with van der Waals surface area (Å²) in [6.45, 7) is 3.34. The van der Waals surface area contributed by atoms with Gasteiger partial charge in [-0.3, -0.25) is 0 Å². The summed E-state index contributed by atoms with van der Waals surface area (Å²) in [5.74, 6) is 1.69. The van der Waals surface area contributed by atoms with Crippen molar-refractivity contribution in [3.63, 3.8) is 0 Å². The number of hydrogen-bond acceptors (Lipinski definition) is 3. The van der Waals surface area contributed by atoms with E-state index in [1.165, 1.54) is 17.5 Å². The molecule has 0 amide bonds. The van der Waals surface area contributed by atoms with Crippen LogP contribution in [0, 0.1) is 5.92 Å². The molecule has 1 fully saturated rings. The number of nitrogens with one attached hydrogen (secondary N) is 1. The van der Waals surface area contributed by atoms with Crippen LogP contribution in [0.1, 0.15) is 17.5 Å². The van der Waals surface area contributed by atoms with Crippen LogP contribution in [0.4, 0.5) is 0 Å². The third-order valence-corrected chi connectivity index (χ3v) is 5.24. The molecule has 1 N–H and O–H groups in total. The van der Waals surface area contributed by atoms with Crippen molar-refractivity contribution in [2.75, 3.05) is 33.8 Å². The van der Waals surface area contributed by atoms with Crippen LogP contribution in [0.3, 0.4) is 0 Å². The topological polar surface area (TPSA) is 24.5 Å². The summed E-state index contributed by atoms with van der Waals surface area (Å²) in [4.78, 5) is 2.50. The third-order valence-electron chi connectivity index (χ3n) is 4.89. The van der Waals surface area contributed by atoms with E-state index in [4.69, 9.17) is 16.3 Å². The molecule has 0 bridgehead atoms. The quantitative estimate of drug-likeness (QED) is 0.906. The molecule has 0 saturated carbocycles. The first-order valence-corrected chi connectivity index (χ1v) is 7.83. The molecule has 2 unspecified atom stereocenters. The van der Waals surface area contributed by atoms with Crippen LogP contribution in [0.5, 0.6) is 5.75 Å². The van der Waals surface area contributed by atoms with E-state index < -0.39 is 0 Å². The molecule has 1 heterocycles. The van der Waals surface area contributed by atoms with E-state index >= 15 is 0 Å². The van der Waals surface area contributed by atoms with Gasteiger partial charge in [-0.15, -0.1) is 0 Å². The molecule has 0 radical (unpaired) electrons. The maximum atomic E-state index is 6.35. The van der Waals surface area contributed by atoms with Crippen molar-refractivity contribution in [2.45, 2.75) is 25.3 Å². The van der Waals surface area contributed by atoms with Gasteiger partial charge in [-0.1, -0.05) is 11.6 Å². The van der Waals surface area contributed by atoms with Crippen LogP contribution < -0.4 is 10.1 Å². The number of halogens is 1. The number of rotatable bonds is 2. The summed E-state index contributed by atoms with van der Waals surface area (Å²) < 4.78 is 5.54. The Balaban J connectivity index is 1.85. The predicted octanol–water partition coefficient (Wildman–Crippen LogP) is 2.36. The van der Waals surface area contributed by atoms with Crippen LogP contribution in [0.25, 0.3) is 0 Å². The standard InChI is InChI=1S/C16H23ClN2O/c1-19-8-7-18-10-15(19)11-3-4-12-13(9-11)16(20-2)6-5-14(12)17/h5-6,11,15,18H,3-4,7-10H2,1-2H3. The van der Waals surface area contributed by atoms with Gasteiger partial charge in [0.05, 0.1) is 7.11 Å². The molecule has 1 aliphatic carbocycles. The van der Waals surface area contributed by atoms with Crippen molar-refractivity contribution < 1.29 is 4.74 Å². The average molecular weight is 295 g/mol. The maximum absolute atomic E-state index is 6.35. The Hall–Kier alpha value is -0.770. The van der Waals surface area contributed by atoms with E-state index in [0.717, 1.165) is 43.2 Å². The number of likely N-dealkylation sites (N-methyl/N-ethyl adjacent to an activating group) is 1. The molecule has 3 nitrogen and oxygen atoms in total. The third kappa shape index (κ3) is 2.54. The number of piperazine rings is 1. The van der Waals surface area contributed by atoms with Gasteiger partial charge in [0.15, 0.2) is 0 Å². The largest absolute Gasteiger partial charge is 0.496 e. The Morgan fingerprint density at radius 1 is 1.35 bits per heavy atom. The zero-order valence-corrected chi connectivity index (χ0v) is 13.0. The zero-order chi connectivity index (χ0) is 14.1. The minimum absolute atomic E-state index is 0.626. The van der Waals surface area contributed by atoms with Crippen LogP contribution in [0.15, 0.2) is 12.1 Å². The fourth-order valence-corrected chi connectivity index (χ4v) is 3.98. The SMILES string of the molecule is COc1ccc(Cl)c2c1CC(C1CNCCN1C)CC2. The van der Waals surface area contributed by atoms with E-state index in [1.54, 1.807) is 7.11 Å². The first-order valence-electron chi connectivity index (χ1n) is 7.46. The second-order valence-electron chi connectivity index (χ2n) is 5.96. The number of benzene rings is 1. The Kier molecular flexibility index (Phi) is 4.20. The van der Waals surface area contributed by atoms with Crippen molar-refractivity contribution in [3.8, 4) is 5.75 Å². The molecule has 4 heteroatoms. The molecule has 110 valence electrons. The van der Waals surface area contributed by atoms with Gasteiger partial charge in [-0.25, -0.2) is 0 Å². The summed E-state index contributed by atoms with van der Waals surface area (Å²) in [5.41, 5.74) is 2.63. The van der Waals surface area contributed by atoms with Gasteiger partial charge in [-0.05, 0) is 55.5 Å². The van der Waals surface area contributed by atoms with E-state index in [2.05, 4.69) is 17.3 Å². The van der Waals surface area contributed by atoms with Crippen molar-refractivity contribution in [3.05, 3.63) is 28.3 Å². The van der Waals surface area contributed by atoms with Gasteiger partial charge in [-0.2, -0.15) is 0 Å². The van der Waals surface area contributed by atoms with Gasteiger partial charge in [0.2, 0.25) is 0 Å². The Bertz CT molecular complexity index is 492. The number of methoxy groups -OCH3 is 1. The highest BCUT2D eigenvalue weighted by atomic mass is 35.5. The lowest BCUT2D eigenvalue weighted by Crippen LogP contribution is -2.53. The Morgan fingerprint density at radius 3 is 2.95 bits per heavy atom. The highest BCUT2D eigenvalue weighted by Crippen LogP contribution is 2.38. The summed E-state index contributed by atoms with van der Waals surface area (Å²) >= 11 is 6.35. The number of nitrogens with zero attached hydrogens (tertiary/aromatic N) is 1. The number of fused-ring (bicyclic) bond motifs is 1. The van der Waals surface area contributed by atoms with Crippen LogP contribution in [-0.4, -0.2) is 44.7 Å². The molecule has 2 aliphatic rings. The fraction of sp³-hybridized carbons (Fsp3) is 0.625. The molecular formula is C16H23ClN2O. The molecule has 1 saturated heterocycles. The summed E-state index contributed by atoms with van der Waals surface area (Å²) in [7, 11) is 4.00. The lowest BCUT2D eigenvalue weighted by atomic mass is 9.78. The zero-order valence-electron chi connectivity index (χ0n) is 12.3. The van der Waals surface area contributed by atoms with Crippen molar-refractivity contribution in [2.24, 2.45) is 5.92 Å². The summed E-state index contributed by atoms with van der Waals surface area (Å²) in [5, 5.41) is 4.43. The highest BCUT2D eigenvalue weighted by molar-refractivity contribution is 6.31. The van der Waals surface area contributed by atoms with Gasteiger partial charge in [0, 0.05) is 30.7 Å². The molecule has 0 aromatic heterocycles. The normalized spacial score (nSPS) is 27.1. The molecule has 2 atom stereocenters. The monoisotopic (exact) mass is 294 g/mol. The predicted molar refractivity (Wildman–Crippen MR) is 82.8 cm³/mol. The summed E-state index contributed by atoms with van der Waals surface area (Å²) in [6, 6.07) is 4.60. The minimum atomic E-state index is 0.626. The van der Waals surface area contributed by atoms with Crippen LogP contribution >= 0.6 is 11.6 Å². The molecule has 0 spiro atoms. The number of ether oxygens (including phenoxy) is 1. The van der Waals surface area contributed by atoms with Crippen molar-refractivity contribution in [1.82, 2.24) is 10.2 Å². The molecular weight excluding hydrogens is 272 g/mol. The van der Waals surface area contributed by atoms with Gasteiger partial charge in [0.1, 0.15) is 5.75 Å². The molecule has 20 heavy (non-hydrogen) atoms. The van der Waals surface area contributed by atoms with Crippen LogP contribution in [0.2, 0.25) is 5.02 Å². The highest BCUT2D eigenvalue weighted by Gasteiger charge is 2.32. The van der Waals surface area contributed by atoms with Gasteiger partial charge in [0.25, 0.3) is 0 Å². The average Bonchev–Trinajstić information content (AvgIpc) is 2.48. The molecule has 3 rings (SSSR count). The van der Waals surface area contributed by atoms with Crippen LogP contribution in [-0.2, 0) is 12.8 Å². The van der Waals surface area contributed by atoms with Crippen molar-refractivity contribution >= 4 is 11.6 Å². The van der Waals surface area contributed by atoms with Gasteiger partial charge < -0.3 is 15.0 Å². The molecule has 1 aliphatic heterocycles. The Labute approximate surface area is 126 Å². The second kappa shape index (κ2) is 5.92. The second-order valence-corrected chi connectivity index (χ2v) is 6.37. The summed E-state index contributed by atoms with van der Waals surface area (Å²) in [6.07, 6.45) is 3.37. The first-order chi connectivity index (χ1) is 9.70. The molecule has 1 aromatic rings. The van der Waals surface area contributed by atoms with Gasteiger partial charge >= 0.3 is 0 Å². The number of hydrogen-bond donors (Lipinski definition) is 1. The lowest BCUT2D eigenvalue weighted by molar-refractivity contribution is 0.132. The minimum Gasteiger partial charge on any atom is -0.496 e. The first kappa shape index (κ1) is 14.2.